The van der Waals surface area contributed by atoms with Crippen molar-refractivity contribution in [1.29, 1.82) is 0 Å². The normalized spacial score (nSPS) is 12.2. The van der Waals surface area contributed by atoms with Crippen LogP contribution in [-0.2, 0) is 16.2 Å². The maximum atomic E-state index is 12.9. The fourth-order valence-corrected chi connectivity index (χ4v) is 4.18. The van der Waals surface area contributed by atoms with Crippen LogP contribution in [0.3, 0.4) is 0 Å². The molecule has 4 rings (SSSR count). The summed E-state index contributed by atoms with van der Waals surface area (Å²) in [5.74, 6) is 0. The molecule has 0 radical (unpaired) electrons. The van der Waals surface area contributed by atoms with Crippen LogP contribution < -0.4 is 4.72 Å². The van der Waals surface area contributed by atoms with E-state index in [1.807, 2.05) is 42.5 Å². The van der Waals surface area contributed by atoms with E-state index < -0.39 is 26.7 Å². The van der Waals surface area contributed by atoms with Gasteiger partial charge in [-0.15, -0.1) is 0 Å². The molecular weight excluding hydrogens is 401 g/mol. The maximum absolute atomic E-state index is 12.9. The van der Waals surface area contributed by atoms with Gasteiger partial charge >= 0.3 is 6.18 Å². The van der Waals surface area contributed by atoms with Gasteiger partial charge in [0, 0.05) is 11.1 Å². The molecule has 0 aliphatic heterocycles. The summed E-state index contributed by atoms with van der Waals surface area (Å²) in [6.07, 6.45) is -4.63. The molecule has 148 valence electrons. The molecule has 0 unspecified atom stereocenters. The van der Waals surface area contributed by atoms with Gasteiger partial charge in [0.25, 0.3) is 10.0 Å². The summed E-state index contributed by atoms with van der Waals surface area (Å²) in [5, 5.41) is 0.771. The fourth-order valence-electron chi connectivity index (χ4n) is 3.06. The molecule has 1 heterocycles. The number of halogens is 3. The molecule has 0 aliphatic carbocycles. The van der Waals surface area contributed by atoms with Crippen LogP contribution in [-0.4, -0.2) is 13.4 Å². The number of alkyl halides is 3. The third kappa shape index (κ3) is 3.84. The second kappa shape index (κ2) is 6.97. The molecule has 2 N–H and O–H groups in total. The van der Waals surface area contributed by atoms with Crippen molar-refractivity contribution in [3.8, 4) is 11.3 Å². The van der Waals surface area contributed by atoms with Crippen molar-refractivity contribution in [2.24, 2.45) is 0 Å². The summed E-state index contributed by atoms with van der Waals surface area (Å²) < 4.78 is 66.6. The van der Waals surface area contributed by atoms with Crippen molar-refractivity contribution in [1.82, 2.24) is 4.98 Å². The highest BCUT2D eigenvalue weighted by Crippen LogP contribution is 2.32. The van der Waals surface area contributed by atoms with Crippen LogP contribution in [0.4, 0.5) is 18.9 Å². The fraction of sp³-hybridized carbons (Fsp3) is 0.0476. The Morgan fingerprint density at radius 3 is 2.28 bits per heavy atom. The van der Waals surface area contributed by atoms with Gasteiger partial charge in [0.05, 0.1) is 21.7 Å². The standard InChI is InChI=1S/C21H15F3N2O2S/c22-21(23,24)16-9-5-10-17(13-16)29(27,28)26-18-11-4-8-15-12-19(25-20(15)18)14-6-2-1-3-7-14/h1-13,25-26H. The van der Waals surface area contributed by atoms with E-state index in [1.165, 1.54) is 0 Å². The van der Waals surface area contributed by atoms with Gasteiger partial charge in [-0.05, 0) is 35.9 Å². The lowest BCUT2D eigenvalue weighted by Gasteiger charge is -2.11. The molecule has 0 spiro atoms. The predicted molar refractivity (Wildman–Crippen MR) is 106 cm³/mol. The number of nitrogens with one attached hydrogen (secondary N) is 2. The predicted octanol–water partition coefficient (Wildman–Crippen LogP) is 5.65. The first-order valence-corrected chi connectivity index (χ1v) is 10.1. The van der Waals surface area contributed by atoms with Crippen molar-refractivity contribution in [2.75, 3.05) is 4.72 Å². The lowest BCUT2D eigenvalue weighted by Crippen LogP contribution is -2.14. The first kappa shape index (κ1) is 19.1. The van der Waals surface area contributed by atoms with E-state index in [-0.39, 0.29) is 5.69 Å². The van der Waals surface area contributed by atoms with Crippen molar-refractivity contribution in [3.05, 3.63) is 84.4 Å². The van der Waals surface area contributed by atoms with Gasteiger partial charge in [-0.25, -0.2) is 8.42 Å². The maximum Gasteiger partial charge on any atom is 0.416 e. The molecule has 1 aromatic heterocycles. The Bertz CT molecular complexity index is 1280. The average molecular weight is 416 g/mol. The summed E-state index contributed by atoms with van der Waals surface area (Å²) in [5.41, 5.74) is 1.50. The number of para-hydroxylation sites is 1. The highest BCUT2D eigenvalue weighted by atomic mass is 32.2. The Morgan fingerprint density at radius 2 is 1.55 bits per heavy atom. The topological polar surface area (TPSA) is 62.0 Å². The highest BCUT2D eigenvalue weighted by Gasteiger charge is 2.31. The van der Waals surface area contributed by atoms with Crippen LogP contribution in [0.15, 0.2) is 83.8 Å². The van der Waals surface area contributed by atoms with Gasteiger partial charge in [-0.2, -0.15) is 13.2 Å². The second-order valence-electron chi connectivity index (χ2n) is 6.45. The second-order valence-corrected chi connectivity index (χ2v) is 8.13. The summed E-state index contributed by atoms with van der Waals surface area (Å²) in [6, 6.07) is 20.1. The molecular formula is C21H15F3N2O2S. The molecule has 0 bridgehead atoms. The van der Waals surface area contributed by atoms with Crippen molar-refractivity contribution < 1.29 is 21.6 Å². The van der Waals surface area contributed by atoms with E-state index in [4.69, 9.17) is 0 Å². The van der Waals surface area contributed by atoms with Gasteiger partial charge in [-0.3, -0.25) is 4.72 Å². The van der Waals surface area contributed by atoms with Crippen LogP contribution in [0.5, 0.6) is 0 Å². The zero-order valence-electron chi connectivity index (χ0n) is 14.9. The van der Waals surface area contributed by atoms with E-state index in [9.17, 15) is 21.6 Å². The molecule has 0 amide bonds. The van der Waals surface area contributed by atoms with Gasteiger partial charge in [0.1, 0.15) is 0 Å². The first-order chi connectivity index (χ1) is 13.7. The lowest BCUT2D eigenvalue weighted by molar-refractivity contribution is -0.137. The van der Waals surface area contributed by atoms with Gasteiger partial charge in [0.15, 0.2) is 0 Å². The van der Waals surface area contributed by atoms with E-state index in [2.05, 4.69) is 9.71 Å². The number of hydrogen-bond donors (Lipinski definition) is 2. The summed E-state index contributed by atoms with van der Waals surface area (Å²) >= 11 is 0. The Morgan fingerprint density at radius 1 is 0.828 bits per heavy atom. The van der Waals surface area contributed by atoms with Crippen LogP contribution in [0.2, 0.25) is 0 Å². The van der Waals surface area contributed by atoms with Crippen LogP contribution >= 0.6 is 0 Å². The number of fused-ring (bicyclic) bond motifs is 1. The van der Waals surface area contributed by atoms with Crippen molar-refractivity contribution >= 4 is 26.6 Å². The smallest absolute Gasteiger partial charge is 0.353 e. The molecule has 3 aromatic carbocycles. The molecule has 8 heteroatoms. The number of H-pyrrole nitrogens is 1. The minimum absolute atomic E-state index is 0.252. The first-order valence-electron chi connectivity index (χ1n) is 8.61. The van der Waals surface area contributed by atoms with Gasteiger partial charge in [0.2, 0.25) is 0 Å². The van der Waals surface area contributed by atoms with E-state index in [0.29, 0.717) is 11.6 Å². The number of hydrogen-bond acceptors (Lipinski definition) is 2. The molecule has 0 fully saturated rings. The van der Waals surface area contributed by atoms with E-state index >= 15 is 0 Å². The van der Waals surface area contributed by atoms with Crippen LogP contribution in [0, 0.1) is 0 Å². The molecule has 0 aliphatic rings. The summed E-state index contributed by atoms with van der Waals surface area (Å²) in [6.45, 7) is 0. The molecule has 29 heavy (non-hydrogen) atoms. The number of sulfonamides is 1. The monoisotopic (exact) mass is 416 g/mol. The minimum atomic E-state index is -4.63. The van der Waals surface area contributed by atoms with Crippen molar-refractivity contribution in [3.63, 3.8) is 0 Å². The van der Waals surface area contributed by atoms with E-state index in [1.54, 1.807) is 12.1 Å². The number of aromatic amines is 1. The number of benzene rings is 3. The average Bonchev–Trinajstić information content (AvgIpc) is 3.13. The third-order valence-corrected chi connectivity index (χ3v) is 5.82. The lowest BCUT2D eigenvalue weighted by atomic mass is 10.1. The Hall–Kier alpha value is -3.26. The summed E-state index contributed by atoms with van der Waals surface area (Å²) in [7, 11) is -4.21. The zero-order valence-corrected chi connectivity index (χ0v) is 15.7. The molecule has 0 saturated heterocycles. The quantitative estimate of drug-likeness (QED) is 0.451. The minimum Gasteiger partial charge on any atom is -0.353 e. The SMILES string of the molecule is O=S(=O)(Nc1cccc2cc(-c3ccccc3)[nH]c12)c1cccc(C(F)(F)F)c1. The van der Waals surface area contributed by atoms with Crippen LogP contribution in [0.1, 0.15) is 5.56 Å². The summed E-state index contributed by atoms with van der Waals surface area (Å²) in [4.78, 5) is 2.72. The Kier molecular flexibility index (Phi) is 4.58. The zero-order chi connectivity index (χ0) is 20.6. The molecule has 4 aromatic rings. The molecule has 0 atom stereocenters. The molecule has 0 saturated carbocycles. The largest absolute Gasteiger partial charge is 0.416 e. The van der Waals surface area contributed by atoms with Crippen molar-refractivity contribution in [2.45, 2.75) is 11.1 Å². The highest BCUT2D eigenvalue weighted by molar-refractivity contribution is 7.92. The Labute approximate surface area is 165 Å². The van der Waals surface area contributed by atoms with E-state index in [0.717, 1.165) is 34.8 Å². The Balaban J connectivity index is 1.73. The third-order valence-electron chi connectivity index (χ3n) is 4.46. The number of aromatic nitrogens is 1. The molecule has 4 nitrogen and oxygen atoms in total. The number of anilines is 1. The number of rotatable bonds is 4. The van der Waals surface area contributed by atoms with Gasteiger partial charge < -0.3 is 4.98 Å². The van der Waals surface area contributed by atoms with Crippen LogP contribution in [0.25, 0.3) is 22.2 Å². The van der Waals surface area contributed by atoms with Gasteiger partial charge in [-0.1, -0.05) is 48.5 Å².